The molecule has 2 N–H and O–H groups in total. The van der Waals surface area contributed by atoms with E-state index in [0.29, 0.717) is 46.4 Å². The average molecular weight is 810 g/mol. The van der Waals surface area contributed by atoms with E-state index in [1.54, 1.807) is 51.1 Å². The molecule has 0 radical (unpaired) electrons. The number of carboxylic acids is 2. The summed E-state index contributed by atoms with van der Waals surface area (Å²) in [6, 6.07) is 9.76. The number of benzene rings is 1. The Bertz CT molecular complexity index is 1790. The Morgan fingerprint density at radius 1 is 0.807 bits per heavy atom. The van der Waals surface area contributed by atoms with Crippen molar-refractivity contribution < 1.29 is 53.1 Å². The van der Waals surface area contributed by atoms with Crippen molar-refractivity contribution in [1.29, 1.82) is 10.5 Å². The molecule has 2 atom stereocenters. The molecule has 0 amide bonds. The Morgan fingerprint density at radius 2 is 1.40 bits per heavy atom. The molecule has 0 saturated heterocycles. The number of azo groups is 1. The molecule has 2 rings (SSSR count). The second-order valence-electron chi connectivity index (χ2n) is 12.5. The second-order valence-corrected chi connectivity index (χ2v) is 13.5. The van der Waals surface area contributed by atoms with Gasteiger partial charge in [-0.15, -0.1) is 21.6 Å². The summed E-state index contributed by atoms with van der Waals surface area (Å²) in [5, 5.41) is 46.3. The molecule has 308 valence electrons. The monoisotopic (exact) mass is 809 g/mol. The molecule has 57 heavy (non-hydrogen) atoms. The average Bonchev–Trinajstić information content (AvgIpc) is 3.50. The SMILES string of the molecule is C/C=C/CC(CC(=O)OCCOCCOCCN(CCOCCOC(=O)C(C/C=C/C)CC(=O)O)c1ccc(/N=N/c2sc(C#N)c(C)c2C#N)c(C)c1)C(=O)O. The summed E-state index contributed by atoms with van der Waals surface area (Å²) in [5.74, 6) is -4.96. The van der Waals surface area contributed by atoms with Crippen LogP contribution >= 0.6 is 11.3 Å². The fourth-order valence-electron chi connectivity index (χ4n) is 5.14. The third-order valence-electron chi connectivity index (χ3n) is 8.31. The molecule has 16 nitrogen and oxygen atoms in total. The molecule has 1 aromatic heterocycles. The van der Waals surface area contributed by atoms with Crippen LogP contribution in [0.2, 0.25) is 0 Å². The van der Waals surface area contributed by atoms with E-state index in [4.69, 9.17) is 28.8 Å². The fraction of sp³-hybridized carbons (Fsp3) is 0.500. The predicted molar refractivity (Wildman–Crippen MR) is 211 cm³/mol. The summed E-state index contributed by atoms with van der Waals surface area (Å²) in [6.07, 6.45) is 6.86. The summed E-state index contributed by atoms with van der Waals surface area (Å²) in [7, 11) is 0. The van der Waals surface area contributed by atoms with Crippen LogP contribution in [-0.4, -0.2) is 100 Å². The number of aryl methyl sites for hydroxylation is 1. The van der Waals surface area contributed by atoms with Gasteiger partial charge in [0.1, 0.15) is 30.2 Å². The van der Waals surface area contributed by atoms with Gasteiger partial charge in [-0.05, 0) is 69.9 Å². The maximum absolute atomic E-state index is 12.4. The van der Waals surface area contributed by atoms with Gasteiger partial charge in [0.25, 0.3) is 0 Å². The lowest BCUT2D eigenvalue weighted by Gasteiger charge is -2.25. The van der Waals surface area contributed by atoms with Crippen molar-refractivity contribution in [3.8, 4) is 12.1 Å². The fourth-order valence-corrected chi connectivity index (χ4v) is 6.01. The highest BCUT2D eigenvalue weighted by molar-refractivity contribution is 7.16. The van der Waals surface area contributed by atoms with E-state index in [2.05, 4.69) is 22.4 Å². The second kappa shape index (κ2) is 27.2. The van der Waals surface area contributed by atoms with Crippen LogP contribution in [0.3, 0.4) is 0 Å². The largest absolute Gasteiger partial charge is 0.481 e. The van der Waals surface area contributed by atoms with Gasteiger partial charge in [0.15, 0.2) is 5.00 Å². The topological polar surface area (TPSA) is 230 Å². The van der Waals surface area contributed by atoms with Gasteiger partial charge in [-0.25, -0.2) is 0 Å². The van der Waals surface area contributed by atoms with Crippen LogP contribution in [0.5, 0.6) is 0 Å². The van der Waals surface area contributed by atoms with E-state index in [-0.39, 0.29) is 71.9 Å². The lowest BCUT2D eigenvalue weighted by molar-refractivity contribution is -0.154. The number of ether oxygens (including phenoxy) is 5. The minimum absolute atomic E-state index is 0.0108. The molecule has 0 saturated carbocycles. The third kappa shape index (κ3) is 17.9. The quantitative estimate of drug-likeness (QED) is 0.0400. The number of carboxylic acid groups (broad SMARTS) is 2. The van der Waals surface area contributed by atoms with Crippen LogP contribution in [0.25, 0.3) is 0 Å². The number of rotatable bonds is 28. The zero-order valence-corrected chi connectivity index (χ0v) is 33.6. The molecule has 17 heteroatoms. The standard InChI is InChI=1S/C40H51N5O11S/c1-5-7-9-30(39(49)50)25-37(48)55-21-19-54-18-17-52-15-13-45(14-16-53-20-22-56-40(51)31(10-8-6-2)24-36(46)47)32-11-12-34(28(3)23-32)43-44-38-33(26-41)29(4)35(27-42)57-38/h5-8,11-12,23,30-31H,9-10,13-22,24-25H2,1-4H3,(H,46,47)(H,49,50)/b7-5+,8-6+,44-43+. The van der Waals surface area contributed by atoms with Gasteiger partial charge in [0.05, 0.1) is 75.6 Å². The molecule has 0 spiro atoms. The zero-order chi connectivity index (χ0) is 42.0. The molecule has 1 heterocycles. The molecule has 0 fully saturated rings. The summed E-state index contributed by atoms with van der Waals surface area (Å²) in [6.45, 7) is 9.35. The van der Waals surface area contributed by atoms with Gasteiger partial charge < -0.3 is 38.8 Å². The summed E-state index contributed by atoms with van der Waals surface area (Å²) >= 11 is 1.11. The van der Waals surface area contributed by atoms with E-state index in [1.807, 2.05) is 24.0 Å². The van der Waals surface area contributed by atoms with Gasteiger partial charge in [-0.3, -0.25) is 19.2 Å². The van der Waals surface area contributed by atoms with Gasteiger partial charge in [0, 0.05) is 18.8 Å². The minimum atomic E-state index is -1.08. The van der Waals surface area contributed by atoms with Crippen LogP contribution in [0.15, 0.2) is 52.7 Å². The van der Waals surface area contributed by atoms with Crippen molar-refractivity contribution in [2.24, 2.45) is 22.1 Å². The molecule has 2 aromatic rings. The molecule has 0 bridgehead atoms. The maximum atomic E-state index is 12.4. The molecular weight excluding hydrogens is 759 g/mol. The van der Waals surface area contributed by atoms with Crippen LogP contribution in [0.4, 0.5) is 16.4 Å². The Morgan fingerprint density at radius 3 is 1.96 bits per heavy atom. The Kier molecular flexibility index (Phi) is 22.8. The van der Waals surface area contributed by atoms with Crippen LogP contribution in [0.1, 0.15) is 61.1 Å². The third-order valence-corrected chi connectivity index (χ3v) is 9.39. The number of hydrogen-bond donors (Lipinski definition) is 2. The van der Waals surface area contributed by atoms with Crippen molar-refractivity contribution in [1.82, 2.24) is 0 Å². The lowest BCUT2D eigenvalue weighted by Crippen LogP contribution is -2.32. The summed E-state index contributed by atoms with van der Waals surface area (Å²) in [5.41, 5.74) is 3.12. The van der Waals surface area contributed by atoms with Crippen molar-refractivity contribution in [3.05, 3.63) is 64.1 Å². The number of allylic oxidation sites excluding steroid dienone is 4. The first-order valence-electron chi connectivity index (χ1n) is 18.4. The first kappa shape index (κ1) is 47.7. The smallest absolute Gasteiger partial charge is 0.309 e. The number of carbonyl (C=O) groups is 4. The van der Waals surface area contributed by atoms with Gasteiger partial charge >= 0.3 is 23.9 Å². The lowest BCUT2D eigenvalue weighted by atomic mass is 10.0. The normalized spacial score (nSPS) is 12.4. The molecule has 2 unspecified atom stereocenters. The number of anilines is 1. The first-order chi connectivity index (χ1) is 27.4. The van der Waals surface area contributed by atoms with Crippen molar-refractivity contribution >= 4 is 51.6 Å². The molecule has 0 aliphatic heterocycles. The summed E-state index contributed by atoms with van der Waals surface area (Å²) < 4.78 is 27.4. The first-order valence-corrected chi connectivity index (χ1v) is 19.2. The van der Waals surface area contributed by atoms with Crippen molar-refractivity contribution in [2.75, 3.05) is 70.8 Å². The number of esters is 2. The Hall–Kier alpha value is -5.46. The zero-order valence-electron chi connectivity index (χ0n) is 32.8. The number of nitrogens with zero attached hydrogens (tertiary/aromatic N) is 5. The maximum Gasteiger partial charge on any atom is 0.309 e. The number of thiophene rings is 1. The van der Waals surface area contributed by atoms with Crippen LogP contribution < -0.4 is 4.90 Å². The van der Waals surface area contributed by atoms with E-state index < -0.39 is 35.7 Å². The molecule has 0 aliphatic rings. The highest BCUT2D eigenvalue weighted by Crippen LogP contribution is 2.36. The number of nitriles is 2. The van der Waals surface area contributed by atoms with E-state index in [0.717, 1.165) is 22.6 Å². The number of carbonyl (C=O) groups excluding carboxylic acids is 2. The highest BCUT2D eigenvalue weighted by atomic mass is 32.1. The van der Waals surface area contributed by atoms with Gasteiger partial charge in [-0.1, -0.05) is 24.3 Å². The van der Waals surface area contributed by atoms with E-state index in [1.165, 1.54) is 0 Å². The molecule has 1 aromatic carbocycles. The van der Waals surface area contributed by atoms with Crippen LogP contribution in [-0.2, 0) is 42.9 Å². The van der Waals surface area contributed by atoms with Crippen molar-refractivity contribution in [3.63, 3.8) is 0 Å². The highest BCUT2D eigenvalue weighted by Gasteiger charge is 2.23. The van der Waals surface area contributed by atoms with Crippen molar-refractivity contribution in [2.45, 2.75) is 53.4 Å². The number of aliphatic carboxylic acids is 2. The molecular formula is C40H51N5O11S. The summed E-state index contributed by atoms with van der Waals surface area (Å²) in [4.78, 5) is 49.4. The Balaban J connectivity index is 1.95. The number of hydrogen-bond acceptors (Lipinski definition) is 15. The van der Waals surface area contributed by atoms with Gasteiger partial charge in [-0.2, -0.15) is 10.5 Å². The molecule has 0 aliphatic carbocycles. The van der Waals surface area contributed by atoms with Gasteiger partial charge in [0.2, 0.25) is 0 Å². The minimum Gasteiger partial charge on any atom is -0.481 e. The van der Waals surface area contributed by atoms with Crippen LogP contribution in [0, 0.1) is 48.3 Å². The Labute approximate surface area is 336 Å². The van der Waals surface area contributed by atoms with E-state index >= 15 is 0 Å². The van der Waals surface area contributed by atoms with E-state index in [9.17, 15) is 34.8 Å². The predicted octanol–water partition coefficient (Wildman–Crippen LogP) is 6.58.